The molecule has 0 amide bonds. The van der Waals surface area contributed by atoms with Gasteiger partial charge in [-0.3, -0.25) is 0 Å². The molecule has 3 rings (SSSR count). The predicted molar refractivity (Wildman–Crippen MR) is 82.2 cm³/mol. The molecule has 2 saturated heterocycles. The van der Waals surface area contributed by atoms with Gasteiger partial charge in [-0.15, -0.1) is 0 Å². The Morgan fingerprint density at radius 1 is 1.30 bits per heavy atom. The first-order valence-electron chi connectivity index (χ1n) is 7.73. The van der Waals surface area contributed by atoms with E-state index >= 15 is 0 Å². The van der Waals surface area contributed by atoms with Crippen LogP contribution in [-0.2, 0) is 4.74 Å². The summed E-state index contributed by atoms with van der Waals surface area (Å²) >= 11 is 5.18. The minimum Gasteiger partial charge on any atom is -0.377 e. The highest BCUT2D eigenvalue weighted by atomic mass is 32.1. The third kappa shape index (κ3) is 1.35. The minimum atomic E-state index is -0.459. The van der Waals surface area contributed by atoms with Crippen molar-refractivity contribution in [2.45, 2.75) is 57.2 Å². The van der Waals surface area contributed by atoms with Gasteiger partial charge in [0.1, 0.15) is 12.5 Å². The molecular formula is C15H28N2O2S. The first kappa shape index (κ1) is 15.1. The molecule has 1 N–H and O–H groups in total. The molecule has 0 aromatic carbocycles. The predicted octanol–water partition coefficient (Wildman–Crippen LogP) is 1.95. The molecule has 4 nitrogen and oxygen atoms in total. The summed E-state index contributed by atoms with van der Waals surface area (Å²) in [5, 5.41) is 14.8. The van der Waals surface area contributed by atoms with Crippen LogP contribution in [-0.4, -0.2) is 53.0 Å². The highest BCUT2D eigenvalue weighted by molar-refractivity contribution is 7.82. The molecule has 2 heterocycles. The summed E-state index contributed by atoms with van der Waals surface area (Å²) in [6.07, 6.45) is 2.76. The van der Waals surface area contributed by atoms with Crippen LogP contribution < -0.4 is 0 Å². The molecule has 1 aliphatic carbocycles. The number of nitrogens with zero attached hydrogens (tertiary/aromatic N) is 2. The summed E-state index contributed by atoms with van der Waals surface area (Å²) in [5.41, 5.74) is -0.0322. The van der Waals surface area contributed by atoms with Gasteiger partial charge in [0.25, 0.3) is 0 Å². The van der Waals surface area contributed by atoms with Crippen LogP contribution in [0.15, 0.2) is 0 Å². The highest BCUT2D eigenvalue weighted by Crippen LogP contribution is 2.77. The van der Waals surface area contributed by atoms with Crippen molar-refractivity contribution in [3.63, 3.8) is 0 Å². The maximum Gasteiger partial charge on any atom is 0.130 e. The van der Waals surface area contributed by atoms with Gasteiger partial charge in [0, 0.05) is 30.2 Å². The van der Waals surface area contributed by atoms with E-state index in [0.717, 1.165) is 25.9 Å². The van der Waals surface area contributed by atoms with Gasteiger partial charge in [-0.2, -0.15) is 12.6 Å². The zero-order valence-corrected chi connectivity index (χ0v) is 14.2. The highest BCUT2D eigenvalue weighted by Gasteiger charge is 2.81. The van der Waals surface area contributed by atoms with Crippen LogP contribution in [0.4, 0.5) is 0 Å². The van der Waals surface area contributed by atoms with Crippen molar-refractivity contribution in [2.24, 2.45) is 16.7 Å². The SMILES string of the molecule is CCCC1(C)C2C(O)N(C)N(C)C3OCCC1(S)C32C. The number of ether oxygens (including phenoxy) is 1. The fourth-order valence-electron chi connectivity index (χ4n) is 5.70. The maximum atomic E-state index is 10.8. The normalized spacial score (nSPS) is 56.2. The van der Waals surface area contributed by atoms with Gasteiger partial charge < -0.3 is 9.84 Å². The standard InChI is InChI=1S/C15H28N2O2S/c1-6-7-13(2)10-11(18)16(4)17(5)12-14(10,3)15(13,20)8-9-19-12/h10-12,18,20H,6-9H2,1-5H3. The maximum absolute atomic E-state index is 10.8. The summed E-state index contributed by atoms with van der Waals surface area (Å²) < 4.78 is 6.02. The summed E-state index contributed by atoms with van der Waals surface area (Å²) in [7, 11) is 3.96. The Labute approximate surface area is 127 Å². The van der Waals surface area contributed by atoms with Gasteiger partial charge in [-0.25, -0.2) is 10.0 Å². The van der Waals surface area contributed by atoms with Gasteiger partial charge in [0.05, 0.1) is 6.61 Å². The van der Waals surface area contributed by atoms with Crippen LogP contribution in [0.25, 0.3) is 0 Å². The number of aliphatic hydroxyl groups is 1. The Morgan fingerprint density at radius 3 is 2.55 bits per heavy atom. The molecule has 2 aliphatic heterocycles. The van der Waals surface area contributed by atoms with Gasteiger partial charge in [-0.05, 0) is 18.3 Å². The third-order valence-electron chi connectivity index (χ3n) is 6.71. The fraction of sp³-hybridized carbons (Fsp3) is 1.00. The lowest BCUT2D eigenvalue weighted by atomic mass is 9.35. The molecule has 5 heteroatoms. The van der Waals surface area contributed by atoms with Crippen LogP contribution in [0.3, 0.4) is 0 Å². The zero-order chi connectivity index (χ0) is 14.9. The number of thiol groups is 1. The molecule has 116 valence electrons. The van der Waals surface area contributed by atoms with E-state index in [2.05, 4.69) is 25.8 Å². The van der Waals surface area contributed by atoms with Crippen molar-refractivity contribution < 1.29 is 9.84 Å². The lowest BCUT2D eigenvalue weighted by Gasteiger charge is -2.80. The van der Waals surface area contributed by atoms with Gasteiger partial charge in [0.15, 0.2) is 0 Å². The second kappa shape index (κ2) is 4.35. The molecule has 3 fully saturated rings. The Kier molecular flexibility index (Phi) is 3.29. The summed E-state index contributed by atoms with van der Waals surface area (Å²) in [6.45, 7) is 7.56. The molecule has 0 radical (unpaired) electrons. The second-order valence-electron chi connectivity index (χ2n) is 7.32. The van der Waals surface area contributed by atoms with E-state index in [1.807, 2.05) is 19.1 Å². The van der Waals surface area contributed by atoms with Gasteiger partial charge in [-0.1, -0.05) is 27.2 Å². The second-order valence-corrected chi connectivity index (χ2v) is 8.09. The molecule has 6 atom stereocenters. The monoisotopic (exact) mass is 300 g/mol. The molecule has 3 aliphatic rings. The first-order chi connectivity index (χ1) is 9.25. The molecule has 1 saturated carbocycles. The van der Waals surface area contributed by atoms with E-state index in [0.29, 0.717) is 0 Å². The van der Waals surface area contributed by atoms with Crippen molar-refractivity contribution in [2.75, 3.05) is 20.7 Å². The summed E-state index contributed by atoms with van der Waals surface area (Å²) in [6, 6.07) is 0. The first-order valence-corrected chi connectivity index (χ1v) is 8.18. The minimum absolute atomic E-state index is 0.0112. The van der Waals surface area contributed by atoms with Crippen molar-refractivity contribution in [1.29, 1.82) is 0 Å². The Morgan fingerprint density at radius 2 is 1.95 bits per heavy atom. The molecular weight excluding hydrogens is 272 g/mol. The summed E-state index contributed by atoms with van der Waals surface area (Å²) in [4.78, 5) is 0. The van der Waals surface area contributed by atoms with E-state index in [1.54, 1.807) is 0 Å². The van der Waals surface area contributed by atoms with Crippen molar-refractivity contribution in [1.82, 2.24) is 10.0 Å². The topological polar surface area (TPSA) is 35.9 Å². The average Bonchev–Trinajstić information content (AvgIpc) is 2.39. The molecule has 0 bridgehead atoms. The Balaban J connectivity index is 2.09. The molecule has 6 unspecified atom stereocenters. The van der Waals surface area contributed by atoms with Gasteiger partial charge in [0.2, 0.25) is 0 Å². The largest absolute Gasteiger partial charge is 0.377 e. The molecule has 20 heavy (non-hydrogen) atoms. The number of rotatable bonds is 2. The van der Waals surface area contributed by atoms with Gasteiger partial charge >= 0.3 is 0 Å². The van der Waals surface area contributed by atoms with Crippen LogP contribution >= 0.6 is 12.6 Å². The third-order valence-corrected chi connectivity index (χ3v) is 7.92. The van der Waals surface area contributed by atoms with E-state index < -0.39 is 6.23 Å². The van der Waals surface area contributed by atoms with Crippen LogP contribution in [0.1, 0.15) is 40.0 Å². The smallest absolute Gasteiger partial charge is 0.130 e. The lowest BCUT2D eigenvalue weighted by Crippen LogP contribution is -2.87. The van der Waals surface area contributed by atoms with E-state index in [4.69, 9.17) is 17.4 Å². The van der Waals surface area contributed by atoms with Crippen LogP contribution in [0, 0.1) is 16.7 Å². The zero-order valence-electron chi connectivity index (χ0n) is 13.3. The Bertz CT molecular complexity index is 423. The number of aliphatic hydroxyl groups excluding tert-OH is 1. The molecule has 0 aromatic heterocycles. The van der Waals surface area contributed by atoms with E-state index in [1.165, 1.54) is 0 Å². The molecule has 0 spiro atoms. The summed E-state index contributed by atoms with van der Waals surface area (Å²) in [5.74, 6) is 0.207. The van der Waals surface area contributed by atoms with Crippen molar-refractivity contribution >= 4 is 12.6 Å². The quantitative estimate of drug-likeness (QED) is 0.764. The van der Waals surface area contributed by atoms with E-state index in [-0.39, 0.29) is 27.7 Å². The number of hydrogen-bond donors (Lipinski definition) is 2. The average molecular weight is 300 g/mol. The number of hydrogen-bond acceptors (Lipinski definition) is 5. The fourth-order valence-corrected chi connectivity index (χ4v) is 6.29. The Hall–Kier alpha value is 0.190. The van der Waals surface area contributed by atoms with Crippen LogP contribution in [0.5, 0.6) is 0 Å². The lowest BCUT2D eigenvalue weighted by molar-refractivity contribution is -0.400. The van der Waals surface area contributed by atoms with Crippen molar-refractivity contribution in [3.8, 4) is 0 Å². The van der Waals surface area contributed by atoms with E-state index in [9.17, 15) is 5.11 Å². The molecule has 0 aromatic rings. The number of hydrazine groups is 1. The van der Waals surface area contributed by atoms with Crippen LogP contribution in [0.2, 0.25) is 0 Å². The van der Waals surface area contributed by atoms with Crippen molar-refractivity contribution in [3.05, 3.63) is 0 Å².